The molecule has 25 heavy (non-hydrogen) atoms. The van der Waals surface area contributed by atoms with Crippen molar-refractivity contribution in [3.05, 3.63) is 29.8 Å². The molecule has 1 aromatic rings. The van der Waals surface area contributed by atoms with Crippen LogP contribution in [0.1, 0.15) is 64.4 Å². The number of nitrogens with one attached hydrogen (secondary N) is 1. The molecule has 0 aliphatic heterocycles. The average Bonchev–Trinajstić information content (AvgIpc) is 2.54. The molecule has 2 rings (SSSR count). The highest BCUT2D eigenvalue weighted by Crippen LogP contribution is 2.40. The fraction of sp³-hybridized carbons (Fsp3) is 0.650. The van der Waals surface area contributed by atoms with E-state index in [1.807, 2.05) is 45.0 Å². The van der Waals surface area contributed by atoms with Crippen LogP contribution in [-0.2, 0) is 4.74 Å². The third-order valence-corrected chi connectivity index (χ3v) is 4.74. The molecule has 0 bridgehead atoms. The van der Waals surface area contributed by atoms with Crippen LogP contribution in [-0.4, -0.2) is 36.1 Å². The molecule has 0 heterocycles. The number of amides is 1. The summed E-state index contributed by atoms with van der Waals surface area (Å²) < 4.78 is 10.5. The third-order valence-electron chi connectivity index (χ3n) is 4.74. The number of rotatable bonds is 5. The highest BCUT2D eigenvalue weighted by atomic mass is 16.6. The predicted octanol–water partition coefficient (Wildman–Crippen LogP) is 4.00. The Morgan fingerprint density at radius 3 is 2.32 bits per heavy atom. The van der Waals surface area contributed by atoms with Crippen molar-refractivity contribution < 1.29 is 19.4 Å². The Morgan fingerprint density at radius 1 is 1.20 bits per heavy atom. The van der Waals surface area contributed by atoms with Gasteiger partial charge in [-0.25, -0.2) is 4.79 Å². The van der Waals surface area contributed by atoms with E-state index in [0.29, 0.717) is 6.54 Å². The van der Waals surface area contributed by atoms with Gasteiger partial charge in [-0.2, -0.15) is 0 Å². The summed E-state index contributed by atoms with van der Waals surface area (Å²) in [7, 11) is 1.63. The van der Waals surface area contributed by atoms with E-state index in [4.69, 9.17) is 9.47 Å². The van der Waals surface area contributed by atoms with Crippen LogP contribution >= 0.6 is 0 Å². The molecule has 0 spiro atoms. The molecule has 1 aliphatic rings. The number of alkyl carbamates (subject to hydrolysis) is 1. The van der Waals surface area contributed by atoms with E-state index in [2.05, 4.69) is 5.32 Å². The van der Waals surface area contributed by atoms with Crippen LogP contribution < -0.4 is 10.1 Å². The monoisotopic (exact) mass is 349 g/mol. The Bertz CT molecular complexity index is 556. The lowest BCUT2D eigenvalue weighted by molar-refractivity contribution is -0.0222. The summed E-state index contributed by atoms with van der Waals surface area (Å²) in [5, 5.41) is 14.1. The average molecular weight is 349 g/mol. The summed E-state index contributed by atoms with van der Waals surface area (Å²) in [6, 6.07) is 7.71. The SMILES string of the molecule is COc1ccc([C@@H](CNC(=O)OC(C)(C)C)C2(O)CCCCC2)cc1. The zero-order valence-corrected chi connectivity index (χ0v) is 15.8. The number of hydrogen-bond acceptors (Lipinski definition) is 4. The number of methoxy groups -OCH3 is 1. The Morgan fingerprint density at radius 2 is 1.80 bits per heavy atom. The quantitative estimate of drug-likeness (QED) is 0.843. The molecule has 0 aromatic heterocycles. The molecule has 0 saturated heterocycles. The second kappa shape index (κ2) is 8.09. The summed E-state index contributed by atoms with van der Waals surface area (Å²) in [6.45, 7) is 5.85. The first-order valence-corrected chi connectivity index (χ1v) is 9.07. The molecule has 1 aliphatic carbocycles. The van der Waals surface area contributed by atoms with Crippen molar-refractivity contribution in [3.63, 3.8) is 0 Å². The van der Waals surface area contributed by atoms with E-state index < -0.39 is 17.3 Å². The van der Waals surface area contributed by atoms with Gasteiger partial charge in [-0.15, -0.1) is 0 Å². The number of benzene rings is 1. The first-order chi connectivity index (χ1) is 11.7. The normalized spacial score (nSPS) is 18.3. The molecule has 0 radical (unpaired) electrons. The first kappa shape index (κ1) is 19.6. The summed E-state index contributed by atoms with van der Waals surface area (Å²) >= 11 is 0. The first-order valence-electron chi connectivity index (χ1n) is 9.07. The molecule has 1 fully saturated rings. The maximum Gasteiger partial charge on any atom is 0.407 e. The van der Waals surface area contributed by atoms with Gasteiger partial charge in [-0.3, -0.25) is 0 Å². The summed E-state index contributed by atoms with van der Waals surface area (Å²) in [5.41, 5.74) is -0.343. The van der Waals surface area contributed by atoms with Crippen molar-refractivity contribution in [1.82, 2.24) is 5.32 Å². The maximum absolute atomic E-state index is 12.0. The van der Waals surface area contributed by atoms with E-state index in [1.54, 1.807) is 7.11 Å². The van der Waals surface area contributed by atoms with Crippen molar-refractivity contribution >= 4 is 6.09 Å². The fourth-order valence-corrected chi connectivity index (χ4v) is 3.47. The van der Waals surface area contributed by atoms with Gasteiger partial charge in [0.05, 0.1) is 12.7 Å². The molecule has 1 amide bonds. The highest BCUT2D eigenvalue weighted by Gasteiger charge is 2.39. The maximum atomic E-state index is 12.0. The fourth-order valence-electron chi connectivity index (χ4n) is 3.47. The van der Waals surface area contributed by atoms with Crippen LogP contribution in [0, 0.1) is 0 Å². The number of aliphatic hydroxyl groups is 1. The largest absolute Gasteiger partial charge is 0.497 e. The molecule has 2 N–H and O–H groups in total. The van der Waals surface area contributed by atoms with Gasteiger partial charge in [0.2, 0.25) is 0 Å². The number of carbonyl (C=O) groups excluding carboxylic acids is 1. The van der Waals surface area contributed by atoms with Gasteiger partial charge in [-0.1, -0.05) is 31.4 Å². The number of carbonyl (C=O) groups is 1. The van der Waals surface area contributed by atoms with E-state index in [9.17, 15) is 9.90 Å². The zero-order chi connectivity index (χ0) is 18.5. The number of ether oxygens (including phenoxy) is 2. The minimum atomic E-state index is -0.804. The van der Waals surface area contributed by atoms with Crippen molar-refractivity contribution in [1.29, 1.82) is 0 Å². The molecule has 1 atom stereocenters. The summed E-state index contributed by atoms with van der Waals surface area (Å²) in [6.07, 6.45) is 4.22. The lowest BCUT2D eigenvalue weighted by Crippen LogP contribution is -2.45. The van der Waals surface area contributed by atoms with Gasteiger partial charge >= 0.3 is 6.09 Å². The Kier molecular flexibility index (Phi) is 6.33. The van der Waals surface area contributed by atoms with Gasteiger partial charge in [0, 0.05) is 12.5 Å². The smallest absolute Gasteiger partial charge is 0.407 e. The van der Waals surface area contributed by atoms with E-state index >= 15 is 0 Å². The second-order valence-electron chi connectivity index (χ2n) is 7.87. The molecular formula is C20H31NO4. The van der Waals surface area contributed by atoms with Crippen molar-refractivity contribution in [2.24, 2.45) is 0 Å². The van der Waals surface area contributed by atoms with Gasteiger partial charge < -0.3 is 19.9 Å². The van der Waals surface area contributed by atoms with Crippen molar-refractivity contribution in [2.75, 3.05) is 13.7 Å². The molecule has 0 unspecified atom stereocenters. The Labute approximate surface area is 150 Å². The Hall–Kier alpha value is -1.75. The lowest BCUT2D eigenvalue weighted by Gasteiger charge is -2.39. The van der Waals surface area contributed by atoms with Crippen LogP contribution in [0.25, 0.3) is 0 Å². The number of hydrogen-bond donors (Lipinski definition) is 2. The van der Waals surface area contributed by atoms with Crippen LogP contribution in [0.15, 0.2) is 24.3 Å². The lowest BCUT2D eigenvalue weighted by atomic mass is 9.73. The highest BCUT2D eigenvalue weighted by molar-refractivity contribution is 5.67. The van der Waals surface area contributed by atoms with Gasteiger partial charge in [0.25, 0.3) is 0 Å². The molecular weight excluding hydrogens is 318 g/mol. The van der Waals surface area contributed by atoms with Crippen LogP contribution in [0.2, 0.25) is 0 Å². The standard InChI is InChI=1S/C20H31NO4/c1-19(2,3)25-18(22)21-14-17(20(23)12-6-5-7-13-20)15-8-10-16(24-4)11-9-15/h8-11,17,23H,5-7,12-14H2,1-4H3,(H,21,22)/t17-/m1/s1. The van der Waals surface area contributed by atoms with Crippen LogP contribution in [0.5, 0.6) is 5.75 Å². The second-order valence-corrected chi connectivity index (χ2v) is 7.87. The summed E-state index contributed by atoms with van der Waals surface area (Å²) in [4.78, 5) is 12.0. The molecule has 5 heteroatoms. The van der Waals surface area contributed by atoms with Crippen LogP contribution in [0.4, 0.5) is 4.79 Å². The van der Waals surface area contributed by atoms with E-state index in [-0.39, 0.29) is 5.92 Å². The summed E-state index contributed by atoms with van der Waals surface area (Å²) in [5.74, 6) is 0.601. The van der Waals surface area contributed by atoms with Crippen molar-refractivity contribution in [3.8, 4) is 5.75 Å². The Balaban J connectivity index is 2.15. The van der Waals surface area contributed by atoms with E-state index in [1.165, 1.54) is 0 Å². The van der Waals surface area contributed by atoms with Gasteiger partial charge in [0.15, 0.2) is 0 Å². The van der Waals surface area contributed by atoms with Gasteiger partial charge in [-0.05, 0) is 51.3 Å². The third kappa shape index (κ3) is 5.63. The van der Waals surface area contributed by atoms with E-state index in [0.717, 1.165) is 43.4 Å². The zero-order valence-electron chi connectivity index (χ0n) is 15.8. The molecule has 140 valence electrons. The predicted molar refractivity (Wildman–Crippen MR) is 98.0 cm³/mol. The molecule has 1 saturated carbocycles. The topological polar surface area (TPSA) is 67.8 Å². The molecule has 5 nitrogen and oxygen atoms in total. The van der Waals surface area contributed by atoms with Crippen LogP contribution in [0.3, 0.4) is 0 Å². The minimum absolute atomic E-state index is 0.175. The minimum Gasteiger partial charge on any atom is -0.497 e. The van der Waals surface area contributed by atoms with Gasteiger partial charge in [0.1, 0.15) is 11.4 Å². The molecule has 1 aromatic carbocycles. The van der Waals surface area contributed by atoms with Crippen molar-refractivity contribution in [2.45, 2.75) is 70.0 Å².